The van der Waals surface area contributed by atoms with Crippen LogP contribution in [-0.4, -0.2) is 24.3 Å². The van der Waals surface area contributed by atoms with E-state index in [1.807, 2.05) is 30.3 Å². The third-order valence-electron chi connectivity index (χ3n) is 5.74. The Kier molecular flexibility index (Phi) is 6.75. The molecule has 0 unspecified atom stereocenters. The molecule has 3 aromatic rings. The van der Waals surface area contributed by atoms with Gasteiger partial charge in [-0.05, 0) is 67.8 Å². The van der Waals surface area contributed by atoms with Gasteiger partial charge in [-0.3, -0.25) is 9.59 Å². The Balaban J connectivity index is 1.56. The molecule has 4 rings (SSSR count). The number of allylic oxidation sites excluding steroid dienone is 1. The van der Waals surface area contributed by atoms with Gasteiger partial charge in [0, 0.05) is 45.6 Å². The van der Waals surface area contributed by atoms with E-state index in [0.717, 1.165) is 34.6 Å². The molecule has 0 atom stereocenters. The van der Waals surface area contributed by atoms with Gasteiger partial charge in [0.1, 0.15) is 5.75 Å². The second-order valence-corrected chi connectivity index (χ2v) is 9.46. The van der Waals surface area contributed by atoms with E-state index in [4.69, 9.17) is 16.3 Å². The Morgan fingerprint density at radius 2 is 1.82 bits per heavy atom. The van der Waals surface area contributed by atoms with Crippen LogP contribution in [-0.2, 0) is 13.0 Å². The predicted octanol–water partition coefficient (Wildman–Crippen LogP) is 5.43. The minimum absolute atomic E-state index is 0.182. The number of carbonyl (C=O) groups is 2. The zero-order valence-electron chi connectivity index (χ0n) is 19.4. The molecule has 1 heterocycles. The SMILES string of the molecule is COc1ccc2c(c1)/C(=C/C(=O)c1cccc(C(=O)NCc3cccc(Cl)c3)c1)NC(C)(C)C2. The van der Waals surface area contributed by atoms with Crippen LogP contribution in [0, 0.1) is 0 Å². The largest absolute Gasteiger partial charge is 0.497 e. The van der Waals surface area contributed by atoms with Gasteiger partial charge in [0.05, 0.1) is 7.11 Å². The number of ketones is 1. The average molecular weight is 475 g/mol. The summed E-state index contributed by atoms with van der Waals surface area (Å²) >= 11 is 6.01. The number of fused-ring (bicyclic) bond motifs is 1. The molecule has 174 valence electrons. The molecule has 0 saturated heterocycles. The number of nitrogens with one attached hydrogen (secondary N) is 2. The highest BCUT2D eigenvalue weighted by Gasteiger charge is 2.28. The molecule has 0 fully saturated rings. The Bertz CT molecular complexity index is 1280. The van der Waals surface area contributed by atoms with Crippen molar-refractivity contribution in [2.24, 2.45) is 0 Å². The van der Waals surface area contributed by atoms with Crippen molar-refractivity contribution in [3.63, 3.8) is 0 Å². The molecule has 1 aliphatic heterocycles. The van der Waals surface area contributed by atoms with Gasteiger partial charge in [-0.2, -0.15) is 0 Å². The molecule has 0 saturated carbocycles. The summed E-state index contributed by atoms with van der Waals surface area (Å²) in [5.41, 5.74) is 4.40. The zero-order chi connectivity index (χ0) is 24.3. The minimum atomic E-state index is -0.255. The molecule has 34 heavy (non-hydrogen) atoms. The van der Waals surface area contributed by atoms with E-state index >= 15 is 0 Å². The standard InChI is InChI=1S/C28H27ClN2O3/c1-28(2)16-21-10-11-23(34-3)14-24(21)25(31-28)15-26(32)19-7-5-8-20(13-19)27(33)30-17-18-6-4-9-22(29)12-18/h4-15,31H,16-17H2,1-3H3,(H,30,33)/b25-15-. The molecule has 0 aliphatic carbocycles. The van der Waals surface area contributed by atoms with Crippen molar-refractivity contribution in [1.29, 1.82) is 0 Å². The van der Waals surface area contributed by atoms with Crippen LogP contribution in [0.15, 0.2) is 72.8 Å². The maximum atomic E-state index is 13.2. The van der Waals surface area contributed by atoms with Crippen molar-refractivity contribution < 1.29 is 14.3 Å². The molecule has 1 amide bonds. The molecule has 5 nitrogen and oxygen atoms in total. The first kappa shape index (κ1) is 23.6. The van der Waals surface area contributed by atoms with Gasteiger partial charge in [-0.25, -0.2) is 0 Å². The fourth-order valence-electron chi connectivity index (χ4n) is 4.11. The number of benzene rings is 3. The molecule has 0 radical (unpaired) electrons. The van der Waals surface area contributed by atoms with Crippen molar-refractivity contribution in [3.8, 4) is 5.75 Å². The number of ether oxygens (including phenoxy) is 1. The van der Waals surface area contributed by atoms with E-state index in [9.17, 15) is 9.59 Å². The molecule has 6 heteroatoms. The number of hydrogen-bond donors (Lipinski definition) is 2. The van der Waals surface area contributed by atoms with Crippen LogP contribution in [0.4, 0.5) is 0 Å². The molecule has 3 aromatic carbocycles. The first-order chi connectivity index (χ1) is 16.2. The Hall–Kier alpha value is -3.57. The van der Waals surface area contributed by atoms with Crippen molar-refractivity contribution in [1.82, 2.24) is 10.6 Å². The van der Waals surface area contributed by atoms with Crippen LogP contribution < -0.4 is 15.4 Å². The van der Waals surface area contributed by atoms with Gasteiger partial charge < -0.3 is 15.4 Å². The van der Waals surface area contributed by atoms with Gasteiger partial charge in [0.15, 0.2) is 5.78 Å². The summed E-state index contributed by atoms with van der Waals surface area (Å²) in [4.78, 5) is 25.9. The maximum absolute atomic E-state index is 13.2. The van der Waals surface area contributed by atoms with Crippen LogP contribution >= 0.6 is 11.6 Å². The number of hydrogen-bond acceptors (Lipinski definition) is 4. The molecule has 0 bridgehead atoms. The van der Waals surface area contributed by atoms with E-state index in [0.29, 0.717) is 22.7 Å². The lowest BCUT2D eigenvalue weighted by Gasteiger charge is -2.35. The highest BCUT2D eigenvalue weighted by atomic mass is 35.5. The van der Waals surface area contributed by atoms with Crippen LogP contribution in [0.5, 0.6) is 5.75 Å². The number of carbonyl (C=O) groups excluding carboxylic acids is 2. The molecule has 0 aromatic heterocycles. The summed E-state index contributed by atoms with van der Waals surface area (Å²) in [7, 11) is 1.62. The van der Waals surface area contributed by atoms with Crippen LogP contribution in [0.25, 0.3) is 5.70 Å². The van der Waals surface area contributed by atoms with Crippen molar-refractivity contribution >= 4 is 29.0 Å². The third-order valence-corrected chi connectivity index (χ3v) is 5.97. The predicted molar refractivity (Wildman–Crippen MR) is 135 cm³/mol. The fourth-order valence-corrected chi connectivity index (χ4v) is 4.33. The molecule has 0 spiro atoms. The molecular weight excluding hydrogens is 448 g/mol. The quantitative estimate of drug-likeness (QED) is 0.369. The van der Waals surface area contributed by atoms with Gasteiger partial charge in [-0.15, -0.1) is 0 Å². The van der Waals surface area contributed by atoms with Gasteiger partial charge >= 0.3 is 0 Å². The summed E-state index contributed by atoms with van der Waals surface area (Å²) in [6, 6.07) is 20.0. The van der Waals surface area contributed by atoms with E-state index in [1.165, 1.54) is 0 Å². The van der Waals surface area contributed by atoms with Crippen LogP contribution in [0.2, 0.25) is 5.02 Å². The summed E-state index contributed by atoms with van der Waals surface area (Å²) in [6.45, 7) is 4.55. The summed E-state index contributed by atoms with van der Waals surface area (Å²) in [6.07, 6.45) is 2.43. The molecular formula is C28H27ClN2O3. The third kappa shape index (κ3) is 5.49. The molecule has 1 aliphatic rings. The Morgan fingerprint density at radius 3 is 2.59 bits per heavy atom. The van der Waals surface area contributed by atoms with Gasteiger partial charge in [-0.1, -0.05) is 41.9 Å². The first-order valence-corrected chi connectivity index (χ1v) is 11.5. The minimum Gasteiger partial charge on any atom is -0.497 e. The number of halogens is 1. The summed E-state index contributed by atoms with van der Waals surface area (Å²) < 4.78 is 5.38. The lowest BCUT2D eigenvalue weighted by atomic mass is 9.85. The van der Waals surface area contributed by atoms with Crippen LogP contribution in [0.1, 0.15) is 51.3 Å². The van der Waals surface area contributed by atoms with E-state index < -0.39 is 0 Å². The van der Waals surface area contributed by atoms with E-state index in [1.54, 1.807) is 49.6 Å². The normalized spacial score (nSPS) is 15.2. The van der Waals surface area contributed by atoms with Gasteiger partial charge in [0.25, 0.3) is 5.91 Å². The smallest absolute Gasteiger partial charge is 0.251 e. The lowest BCUT2D eigenvalue weighted by molar-refractivity contribution is 0.0951. The fraction of sp³-hybridized carbons (Fsp3) is 0.214. The number of amides is 1. The number of methoxy groups -OCH3 is 1. The summed E-state index contributed by atoms with van der Waals surface area (Å²) in [5.74, 6) is 0.296. The summed E-state index contributed by atoms with van der Waals surface area (Å²) in [5, 5.41) is 6.97. The van der Waals surface area contributed by atoms with Crippen molar-refractivity contribution in [3.05, 3.63) is 106 Å². The topological polar surface area (TPSA) is 67.4 Å². The van der Waals surface area contributed by atoms with E-state index in [-0.39, 0.29) is 17.2 Å². The van der Waals surface area contributed by atoms with Crippen LogP contribution in [0.3, 0.4) is 0 Å². The van der Waals surface area contributed by atoms with Crippen molar-refractivity contribution in [2.45, 2.75) is 32.4 Å². The monoisotopic (exact) mass is 474 g/mol. The lowest BCUT2D eigenvalue weighted by Crippen LogP contribution is -2.43. The van der Waals surface area contributed by atoms with Gasteiger partial charge in [0.2, 0.25) is 0 Å². The second-order valence-electron chi connectivity index (χ2n) is 9.02. The average Bonchev–Trinajstić information content (AvgIpc) is 2.81. The molecule has 2 N–H and O–H groups in total. The number of rotatable bonds is 6. The zero-order valence-corrected chi connectivity index (χ0v) is 20.2. The van der Waals surface area contributed by atoms with E-state index in [2.05, 4.69) is 24.5 Å². The Labute approximate surface area is 204 Å². The van der Waals surface area contributed by atoms with Crippen molar-refractivity contribution in [2.75, 3.05) is 7.11 Å². The highest BCUT2D eigenvalue weighted by Crippen LogP contribution is 2.32. The Morgan fingerprint density at radius 1 is 1.06 bits per heavy atom. The highest BCUT2D eigenvalue weighted by molar-refractivity contribution is 6.30. The maximum Gasteiger partial charge on any atom is 0.251 e. The first-order valence-electron chi connectivity index (χ1n) is 11.1. The second kappa shape index (κ2) is 9.74.